The second-order valence-electron chi connectivity index (χ2n) is 8.05. The molecular weight excluding hydrogens is 356 g/mol. The van der Waals surface area contributed by atoms with E-state index in [2.05, 4.69) is 54.7 Å². The molecule has 2 rings (SSSR count). The van der Waals surface area contributed by atoms with Crippen LogP contribution in [0.3, 0.4) is 0 Å². The number of aliphatic hydroxyl groups excluding tert-OH is 1. The molecule has 0 bridgehead atoms. The summed E-state index contributed by atoms with van der Waals surface area (Å²) in [6, 6.07) is 2.74. The highest BCUT2D eigenvalue weighted by Gasteiger charge is 2.21. The van der Waals surface area contributed by atoms with Crippen LogP contribution in [-0.2, 0) is 13.0 Å². The zero-order valence-corrected chi connectivity index (χ0v) is 18.3. The first-order valence-corrected chi connectivity index (χ1v) is 11.3. The van der Waals surface area contributed by atoms with E-state index >= 15 is 0 Å². The standard InChI is InChI=1S/C21H38N4OS/c1-5-22-21(24-14-18(7-10-26)12-16(2)3)23-13-17(4)25-9-6-20-19(15-25)8-11-27-20/h8,11,16-18,26H,5-7,9-10,12-15H2,1-4H3,(H2,22,23,24). The van der Waals surface area contributed by atoms with Gasteiger partial charge in [0.25, 0.3) is 0 Å². The van der Waals surface area contributed by atoms with Crippen molar-refractivity contribution in [2.75, 3.05) is 32.8 Å². The molecule has 0 aliphatic carbocycles. The Morgan fingerprint density at radius 3 is 2.85 bits per heavy atom. The topological polar surface area (TPSA) is 59.9 Å². The van der Waals surface area contributed by atoms with Gasteiger partial charge in [-0.25, -0.2) is 0 Å². The summed E-state index contributed by atoms with van der Waals surface area (Å²) in [7, 11) is 0. The monoisotopic (exact) mass is 394 g/mol. The normalized spacial score (nSPS) is 17.6. The Morgan fingerprint density at radius 1 is 1.33 bits per heavy atom. The van der Waals surface area contributed by atoms with Gasteiger partial charge in [0.15, 0.2) is 5.96 Å². The van der Waals surface area contributed by atoms with Crippen LogP contribution in [0.25, 0.3) is 0 Å². The third kappa shape index (κ3) is 7.43. The molecule has 0 saturated carbocycles. The summed E-state index contributed by atoms with van der Waals surface area (Å²) in [6.45, 7) is 13.8. The lowest BCUT2D eigenvalue weighted by Gasteiger charge is -2.32. The summed E-state index contributed by atoms with van der Waals surface area (Å²) in [6.07, 6.45) is 3.11. The summed E-state index contributed by atoms with van der Waals surface area (Å²) in [5, 5.41) is 18.4. The van der Waals surface area contributed by atoms with Crippen LogP contribution in [-0.4, -0.2) is 54.8 Å². The third-order valence-electron chi connectivity index (χ3n) is 5.22. The Kier molecular flexibility index (Phi) is 9.59. The molecule has 3 N–H and O–H groups in total. The van der Waals surface area contributed by atoms with Gasteiger partial charge < -0.3 is 15.7 Å². The van der Waals surface area contributed by atoms with Gasteiger partial charge in [-0.2, -0.15) is 0 Å². The van der Waals surface area contributed by atoms with E-state index in [9.17, 15) is 5.11 Å². The quantitative estimate of drug-likeness (QED) is 0.422. The van der Waals surface area contributed by atoms with Gasteiger partial charge in [0.2, 0.25) is 0 Å². The SMILES string of the molecule is CCNC(=NCC(CCO)CC(C)C)NCC(C)N1CCc2sccc2C1. The molecule has 1 aliphatic rings. The second-order valence-corrected chi connectivity index (χ2v) is 9.05. The van der Waals surface area contributed by atoms with Crippen LogP contribution in [0.1, 0.15) is 51.0 Å². The predicted molar refractivity (Wildman–Crippen MR) is 117 cm³/mol. The van der Waals surface area contributed by atoms with Gasteiger partial charge in [-0.15, -0.1) is 11.3 Å². The highest BCUT2D eigenvalue weighted by atomic mass is 32.1. The lowest BCUT2D eigenvalue weighted by atomic mass is 9.94. The van der Waals surface area contributed by atoms with Crippen molar-refractivity contribution in [1.82, 2.24) is 15.5 Å². The number of aliphatic hydroxyl groups is 1. The van der Waals surface area contributed by atoms with Crippen molar-refractivity contribution in [3.8, 4) is 0 Å². The Balaban J connectivity index is 1.85. The van der Waals surface area contributed by atoms with Gasteiger partial charge in [-0.3, -0.25) is 9.89 Å². The van der Waals surface area contributed by atoms with Gasteiger partial charge in [-0.05, 0) is 62.0 Å². The minimum Gasteiger partial charge on any atom is -0.396 e. The lowest BCUT2D eigenvalue weighted by Crippen LogP contribution is -2.47. The molecule has 2 heterocycles. The number of aliphatic imine (C=N–C) groups is 1. The maximum Gasteiger partial charge on any atom is 0.191 e. The van der Waals surface area contributed by atoms with Crippen molar-refractivity contribution >= 4 is 17.3 Å². The van der Waals surface area contributed by atoms with E-state index in [-0.39, 0.29) is 6.61 Å². The number of guanidine groups is 1. The largest absolute Gasteiger partial charge is 0.396 e. The Labute approximate surface area is 169 Å². The van der Waals surface area contributed by atoms with Gasteiger partial charge in [-0.1, -0.05) is 13.8 Å². The molecule has 27 heavy (non-hydrogen) atoms. The molecule has 0 radical (unpaired) electrons. The summed E-state index contributed by atoms with van der Waals surface area (Å²) in [5.41, 5.74) is 1.50. The fourth-order valence-corrected chi connectivity index (χ4v) is 4.60. The number of thiophene rings is 1. The number of hydrogen-bond donors (Lipinski definition) is 3. The number of hydrogen-bond acceptors (Lipinski definition) is 4. The van der Waals surface area contributed by atoms with Gasteiger partial charge in [0.05, 0.1) is 0 Å². The average Bonchev–Trinajstić information content (AvgIpc) is 3.11. The van der Waals surface area contributed by atoms with Crippen LogP contribution >= 0.6 is 11.3 Å². The summed E-state index contributed by atoms with van der Waals surface area (Å²) >= 11 is 1.89. The minimum absolute atomic E-state index is 0.243. The molecule has 1 aliphatic heterocycles. The molecule has 0 amide bonds. The van der Waals surface area contributed by atoms with E-state index in [0.29, 0.717) is 17.9 Å². The number of nitrogens with one attached hydrogen (secondary N) is 2. The van der Waals surface area contributed by atoms with E-state index < -0.39 is 0 Å². The molecule has 2 atom stereocenters. The number of rotatable bonds is 10. The molecule has 2 unspecified atom stereocenters. The number of fused-ring (bicyclic) bond motifs is 1. The van der Waals surface area contributed by atoms with Crippen molar-refractivity contribution in [2.45, 2.75) is 59.5 Å². The molecule has 5 nitrogen and oxygen atoms in total. The highest BCUT2D eigenvalue weighted by Crippen LogP contribution is 2.25. The summed E-state index contributed by atoms with van der Waals surface area (Å²) < 4.78 is 0. The van der Waals surface area contributed by atoms with Crippen molar-refractivity contribution < 1.29 is 5.11 Å². The fourth-order valence-electron chi connectivity index (χ4n) is 3.72. The van der Waals surface area contributed by atoms with Crippen molar-refractivity contribution in [2.24, 2.45) is 16.8 Å². The third-order valence-corrected chi connectivity index (χ3v) is 6.24. The molecule has 0 aromatic carbocycles. The van der Waals surface area contributed by atoms with E-state index in [1.54, 1.807) is 4.88 Å². The van der Waals surface area contributed by atoms with Crippen molar-refractivity contribution in [3.63, 3.8) is 0 Å². The van der Waals surface area contributed by atoms with Crippen molar-refractivity contribution in [3.05, 3.63) is 21.9 Å². The summed E-state index contributed by atoms with van der Waals surface area (Å²) in [5.74, 6) is 1.97. The Hall–Kier alpha value is -1.11. The average molecular weight is 395 g/mol. The molecule has 0 spiro atoms. The summed E-state index contributed by atoms with van der Waals surface area (Å²) in [4.78, 5) is 8.91. The Morgan fingerprint density at radius 2 is 2.15 bits per heavy atom. The van der Waals surface area contributed by atoms with Crippen LogP contribution < -0.4 is 10.6 Å². The molecule has 0 fully saturated rings. The van der Waals surface area contributed by atoms with E-state index in [0.717, 1.165) is 51.5 Å². The first-order chi connectivity index (χ1) is 13.0. The maximum atomic E-state index is 9.31. The fraction of sp³-hybridized carbons (Fsp3) is 0.762. The highest BCUT2D eigenvalue weighted by molar-refractivity contribution is 7.10. The van der Waals surface area contributed by atoms with Crippen LogP contribution in [0.4, 0.5) is 0 Å². The first-order valence-electron chi connectivity index (χ1n) is 10.5. The Bertz CT molecular complexity index is 572. The molecule has 154 valence electrons. The molecule has 0 saturated heterocycles. The minimum atomic E-state index is 0.243. The van der Waals surface area contributed by atoms with E-state index in [1.165, 1.54) is 12.0 Å². The number of nitrogens with zero attached hydrogens (tertiary/aromatic N) is 2. The van der Waals surface area contributed by atoms with Gasteiger partial charge in [0.1, 0.15) is 0 Å². The van der Waals surface area contributed by atoms with Crippen LogP contribution in [0, 0.1) is 11.8 Å². The van der Waals surface area contributed by atoms with E-state index in [4.69, 9.17) is 4.99 Å². The molecular formula is C21H38N4OS. The predicted octanol–water partition coefficient (Wildman–Crippen LogP) is 3.09. The van der Waals surface area contributed by atoms with Crippen LogP contribution in [0.15, 0.2) is 16.4 Å². The first kappa shape index (κ1) is 22.2. The van der Waals surface area contributed by atoms with Crippen LogP contribution in [0.2, 0.25) is 0 Å². The molecule has 1 aromatic rings. The van der Waals surface area contributed by atoms with Gasteiger partial charge >= 0.3 is 0 Å². The molecule has 6 heteroatoms. The maximum absolute atomic E-state index is 9.31. The van der Waals surface area contributed by atoms with Crippen molar-refractivity contribution in [1.29, 1.82) is 0 Å². The zero-order valence-electron chi connectivity index (χ0n) is 17.5. The lowest BCUT2D eigenvalue weighted by molar-refractivity contribution is 0.192. The zero-order chi connectivity index (χ0) is 19.6. The van der Waals surface area contributed by atoms with Gasteiger partial charge in [0, 0.05) is 50.2 Å². The van der Waals surface area contributed by atoms with E-state index in [1.807, 2.05) is 11.3 Å². The second kappa shape index (κ2) is 11.7. The van der Waals surface area contributed by atoms with Crippen LogP contribution in [0.5, 0.6) is 0 Å². The molecule has 1 aromatic heterocycles. The smallest absolute Gasteiger partial charge is 0.191 e.